The van der Waals surface area contributed by atoms with Gasteiger partial charge in [-0.05, 0) is 42.0 Å². The quantitative estimate of drug-likeness (QED) is 0.913. The summed E-state index contributed by atoms with van der Waals surface area (Å²) in [6, 6.07) is 12.6. The van der Waals surface area contributed by atoms with Gasteiger partial charge in [-0.25, -0.2) is 4.79 Å². The minimum Gasteiger partial charge on any atom is -0.323 e. The molecule has 2 amide bonds. The molecule has 2 aromatic rings. The normalized spacial score (nSPS) is 10.8. The van der Waals surface area contributed by atoms with Crippen LogP contribution in [0.25, 0.3) is 0 Å². The van der Waals surface area contributed by atoms with Crippen molar-refractivity contribution in [2.45, 2.75) is 12.7 Å². The standard InChI is InChI=1S/C17H14F3N3O/c1-23(11-13-2-6-14(7-3-13)17(18,19)20)16(24)22-15-8-4-12(10-21)5-9-15/h2-9H,11H2,1H3,(H,22,24). The van der Waals surface area contributed by atoms with Crippen molar-refractivity contribution in [1.29, 1.82) is 5.26 Å². The Morgan fingerprint density at radius 1 is 1.12 bits per heavy atom. The molecular formula is C17H14F3N3O. The largest absolute Gasteiger partial charge is 0.416 e. The van der Waals surface area contributed by atoms with Crippen molar-refractivity contribution in [2.75, 3.05) is 12.4 Å². The summed E-state index contributed by atoms with van der Waals surface area (Å²) < 4.78 is 37.5. The number of anilines is 1. The number of alkyl halides is 3. The lowest BCUT2D eigenvalue weighted by Crippen LogP contribution is -2.30. The Labute approximate surface area is 137 Å². The maximum atomic E-state index is 12.5. The highest BCUT2D eigenvalue weighted by Gasteiger charge is 2.29. The Balaban J connectivity index is 1.97. The van der Waals surface area contributed by atoms with Crippen molar-refractivity contribution in [2.24, 2.45) is 0 Å². The molecule has 0 fully saturated rings. The first-order valence-corrected chi connectivity index (χ1v) is 6.98. The molecule has 0 radical (unpaired) electrons. The molecular weight excluding hydrogens is 319 g/mol. The minimum atomic E-state index is -4.38. The lowest BCUT2D eigenvalue weighted by molar-refractivity contribution is -0.137. The minimum absolute atomic E-state index is 0.167. The molecule has 2 rings (SSSR count). The van der Waals surface area contributed by atoms with Crippen molar-refractivity contribution in [3.05, 3.63) is 65.2 Å². The fourth-order valence-electron chi connectivity index (χ4n) is 1.99. The number of urea groups is 1. The number of amides is 2. The van der Waals surface area contributed by atoms with Crippen molar-refractivity contribution in [3.8, 4) is 6.07 Å². The van der Waals surface area contributed by atoms with Crippen LogP contribution in [0.4, 0.5) is 23.7 Å². The number of benzene rings is 2. The van der Waals surface area contributed by atoms with Crippen molar-refractivity contribution < 1.29 is 18.0 Å². The fraction of sp³-hybridized carbons (Fsp3) is 0.176. The highest BCUT2D eigenvalue weighted by molar-refractivity contribution is 5.89. The van der Waals surface area contributed by atoms with Gasteiger partial charge < -0.3 is 10.2 Å². The Hall–Kier alpha value is -3.01. The van der Waals surface area contributed by atoms with Crippen molar-refractivity contribution in [1.82, 2.24) is 4.90 Å². The molecule has 1 N–H and O–H groups in total. The van der Waals surface area contributed by atoms with Crippen molar-refractivity contribution >= 4 is 11.7 Å². The van der Waals surface area contributed by atoms with Crippen LogP contribution in [0.3, 0.4) is 0 Å². The number of nitrogens with one attached hydrogen (secondary N) is 1. The van der Waals surface area contributed by atoms with E-state index in [-0.39, 0.29) is 6.54 Å². The van der Waals surface area contributed by atoms with Crippen LogP contribution in [-0.4, -0.2) is 18.0 Å². The summed E-state index contributed by atoms with van der Waals surface area (Å²) in [7, 11) is 1.54. The molecule has 124 valence electrons. The summed E-state index contributed by atoms with van der Waals surface area (Å²) in [5.74, 6) is 0. The third-order valence-electron chi connectivity index (χ3n) is 3.31. The van der Waals surface area contributed by atoms with Gasteiger partial charge in [0.15, 0.2) is 0 Å². The van der Waals surface area contributed by atoms with Crippen LogP contribution in [0.1, 0.15) is 16.7 Å². The first kappa shape index (κ1) is 17.3. The van der Waals surface area contributed by atoms with E-state index in [1.807, 2.05) is 6.07 Å². The van der Waals surface area contributed by atoms with Crippen LogP contribution < -0.4 is 5.32 Å². The van der Waals surface area contributed by atoms with Gasteiger partial charge in [-0.3, -0.25) is 0 Å². The molecule has 7 heteroatoms. The molecule has 0 spiro atoms. The first-order valence-electron chi connectivity index (χ1n) is 6.98. The molecule has 4 nitrogen and oxygen atoms in total. The monoisotopic (exact) mass is 333 g/mol. The average molecular weight is 333 g/mol. The Kier molecular flexibility index (Phi) is 5.09. The summed E-state index contributed by atoms with van der Waals surface area (Å²) in [5.41, 5.74) is 0.862. The molecule has 0 aliphatic carbocycles. The van der Waals surface area contributed by atoms with E-state index in [0.717, 1.165) is 12.1 Å². The Bertz CT molecular complexity index is 747. The van der Waals surface area contributed by atoms with E-state index in [2.05, 4.69) is 5.32 Å². The highest BCUT2D eigenvalue weighted by Crippen LogP contribution is 2.29. The van der Waals surface area contributed by atoms with Crippen LogP contribution >= 0.6 is 0 Å². The second kappa shape index (κ2) is 7.04. The predicted molar refractivity (Wildman–Crippen MR) is 83.1 cm³/mol. The molecule has 0 saturated heterocycles. The van der Waals surface area contributed by atoms with E-state index in [9.17, 15) is 18.0 Å². The van der Waals surface area contributed by atoms with Gasteiger partial charge in [0, 0.05) is 19.3 Å². The van der Waals surface area contributed by atoms with E-state index < -0.39 is 17.8 Å². The maximum absolute atomic E-state index is 12.5. The second-order valence-corrected chi connectivity index (χ2v) is 5.17. The number of nitriles is 1. The zero-order chi connectivity index (χ0) is 17.7. The molecule has 0 saturated carbocycles. The van der Waals surface area contributed by atoms with E-state index in [4.69, 9.17) is 5.26 Å². The van der Waals surface area contributed by atoms with Gasteiger partial charge in [-0.15, -0.1) is 0 Å². The first-order chi connectivity index (χ1) is 11.3. The average Bonchev–Trinajstić information content (AvgIpc) is 2.55. The lowest BCUT2D eigenvalue weighted by atomic mass is 10.1. The second-order valence-electron chi connectivity index (χ2n) is 5.17. The number of halogens is 3. The lowest BCUT2D eigenvalue weighted by Gasteiger charge is -2.18. The molecule has 0 atom stereocenters. The summed E-state index contributed by atoms with van der Waals surface area (Å²) in [6.07, 6.45) is -4.38. The zero-order valence-corrected chi connectivity index (χ0v) is 12.8. The predicted octanol–water partition coefficient (Wildman–Crippen LogP) is 4.24. The summed E-state index contributed by atoms with van der Waals surface area (Å²) >= 11 is 0. The fourth-order valence-corrected chi connectivity index (χ4v) is 1.99. The smallest absolute Gasteiger partial charge is 0.323 e. The Morgan fingerprint density at radius 2 is 1.71 bits per heavy atom. The zero-order valence-electron chi connectivity index (χ0n) is 12.8. The van der Waals surface area contributed by atoms with E-state index in [1.54, 1.807) is 24.3 Å². The Morgan fingerprint density at radius 3 is 2.21 bits per heavy atom. The number of carbonyl (C=O) groups excluding carboxylic acids is 1. The molecule has 0 unspecified atom stereocenters. The molecule has 24 heavy (non-hydrogen) atoms. The number of hydrogen-bond donors (Lipinski definition) is 1. The van der Waals surface area contributed by atoms with Crippen LogP contribution in [0.15, 0.2) is 48.5 Å². The van der Waals surface area contributed by atoms with E-state index in [0.29, 0.717) is 16.8 Å². The van der Waals surface area contributed by atoms with Gasteiger partial charge in [0.05, 0.1) is 17.2 Å². The van der Waals surface area contributed by atoms with Crippen LogP contribution in [0.2, 0.25) is 0 Å². The molecule has 0 heterocycles. The number of nitrogens with zero attached hydrogens (tertiary/aromatic N) is 2. The van der Waals surface area contributed by atoms with Gasteiger partial charge >= 0.3 is 12.2 Å². The van der Waals surface area contributed by atoms with Crippen LogP contribution in [0.5, 0.6) is 0 Å². The van der Waals surface area contributed by atoms with Gasteiger partial charge in [0.25, 0.3) is 0 Å². The molecule has 2 aromatic carbocycles. The van der Waals surface area contributed by atoms with Crippen LogP contribution in [-0.2, 0) is 12.7 Å². The highest BCUT2D eigenvalue weighted by atomic mass is 19.4. The molecule has 0 aliphatic rings. The van der Waals surface area contributed by atoms with Gasteiger partial charge in [0.1, 0.15) is 0 Å². The van der Waals surface area contributed by atoms with E-state index in [1.165, 1.54) is 24.1 Å². The number of hydrogen-bond acceptors (Lipinski definition) is 2. The molecule has 0 aliphatic heterocycles. The summed E-state index contributed by atoms with van der Waals surface area (Å²) in [4.78, 5) is 13.4. The van der Waals surface area contributed by atoms with Gasteiger partial charge in [0.2, 0.25) is 0 Å². The van der Waals surface area contributed by atoms with Crippen LogP contribution in [0, 0.1) is 11.3 Å². The SMILES string of the molecule is CN(Cc1ccc(C(F)(F)F)cc1)C(=O)Nc1ccc(C#N)cc1. The third kappa shape index (κ3) is 4.49. The van der Waals surface area contributed by atoms with Gasteiger partial charge in [-0.1, -0.05) is 12.1 Å². The van der Waals surface area contributed by atoms with Crippen molar-refractivity contribution in [3.63, 3.8) is 0 Å². The topological polar surface area (TPSA) is 56.1 Å². The summed E-state index contributed by atoms with van der Waals surface area (Å²) in [6.45, 7) is 0.167. The summed E-state index contributed by atoms with van der Waals surface area (Å²) in [5, 5.41) is 11.4. The number of carbonyl (C=O) groups is 1. The third-order valence-corrected chi connectivity index (χ3v) is 3.31. The molecule has 0 bridgehead atoms. The van der Waals surface area contributed by atoms with E-state index >= 15 is 0 Å². The molecule has 0 aromatic heterocycles. The number of rotatable bonds is 3. The van der Waals surface area contributed by atoms with Gasteiger partial charge in [-0.2, -0.15) is 18.4 Å². The maximum Gasteiger partial charge on any atom is 0.416 e.